The van der Waals surface area contributed by atoms with Crippen molar-refractivity contribution >= 4 is 28.3 Å². The highest BCUT2D eigenvalue weighted by atomic mass is 35.5. The molecule has 1 N–H and O–H groups in total. The summed E-state index contributed by atoms with van der Waals surface area (Å²) in [6.45, 7) is 6.23. The Kier molecular flexibility index (Phi) is 7.07. The van der Waals surface area contributed by atoms with Gasteiger partial charge in [0, 0.05) is 26.2 Å². The molecule has 2 heterocycles. The molecule has 0 aliphatic carbocycles. The Morgan fingerprint density at radius 2 is 1.81 bits per heavy atom. The van der Waals surface area contributed by atoms with E-state index in [2.05, 4.69) is 5.32 Å². The molecule has 0 radical (unpaired) electrons. The summed E-state index contributed by atoms with van der Waals surface area (Å²) in [4.78, 5) is 14.8. The Hall–Kier alpha value is -1.15. The lowest BCUT2D eigenvalue weighted by molar-refractivity contribution is -0.135. The van der Waals surface area contributed by atoms with Crippen LogP contribution in [0.1, 0.15) is 30.4 Å². The number of rotatable bonds is 3. The number of hydrogen-bond donors (Lipinski definition) is 1. The number of aryl methyl sites for hydroxylation is 2. The average molecular weight is 402 g/mol. The van der Waals surface area contributed by atoms with E-state index >= 15 is 0 Å². The highest BCUT2D eigenvalue weighted by molar-refractivity contribution is 7.89. The van der Waals surface area contributed by atoms with Gasteiger partial charge in [-0.3, -0.25) is 4.79 Å². The Bertz CT molecular complexity index is 740. The van der Waals surface area contributed by atoms with Crippen LogP contribution in [0.25, 0.3) is 0 Å². The Morgan fingerprint density at radius 3 is 2.42 bits per heavy atom. The highest BCUT2D eigenvalue weighted by Gasteiger charge is 2.33. The number of nitrogens with one attached hydrogen (secondary N) is 1. The fourth-order valence-electron chi connectivity index (χ4n) is 3.56. The lowest BCUT2D eigenvalue weighted by Gasteiger charge is -2.36. The molecule has 1 unspecified atom stereocenters. The number of benzene rings is 1. The number of sulfonamides is 1. The monoisotopic (exact) mass is 401 g/mol. The topological polar surface area (TPSA) is 69.7 Å². The first kappa shape index (κ1) is 21.2. The molecule has 0 aromatic heterocycles. The molecule has 1 aromatic rings. The van der Waals surface area contributed by atoms with Gasteiger partial charge in [0.1, 0.15) is 0 Å². The van der Waals surface area contributed by atoms with Gasteiger partial charge in [0.05, 0.1) is 10.9 Å². The molecule has 146 valence electrons. The minimum atomic E-state index is -3.51. The Balaban J connectivity index is 0.00000243. The quantitative estimate of drug-likeness (QED) is 0.836. The maximum atomic E-state index is 12.9. The lowest BCUT2D eigenvalue weighted by Crippen LogP contribution is -2.55. The minimum absolute atomic E-state index is 0. The Morgan fingerprint density at radius 1 is 1.12 bits per heavy atom. The maximum absolute atomic E-state index is 12.9. The number of piperazine rings is 1. The fraction of sp³-hybridized carbons (Fsp3) is 0.611. The third kappa shape index (κ3) is 4.39. The van der Waals surface area contributed by atoms with E-state index in [0.717, 1.165) is 36.9 Å². The van der Waals surface area contributed by atoms with Crippen molar-refractivity contribution in [2.24, 2.45) is 0 Å². The predicted octanol–water partition coefficient (Wildman–Crippen LogP) is 1.70. The van der Waals surface area contributed by atoms with Gasteiger partial charge in [-0.2, -0.15) is 4.31 Å². The molecule has 0 saturated carbocycles. The molecular weight excluding hydrogens is 374 g/mol. The zero-order chi connectivity index (χ0) is 18.0. The Labute approximate surface area is 162 Å². The van der Waals surface area contributed by atoms with Gasteiger partial charge in [-0.1, -0.05) is 18.6 Å². The number of carbonyl (C=O) groups is 1. The van der Waals surface area contributed by atoms with E-state index in [1.54, 1.807) is 11.0 Å². The number of amides is 1. The lowest BCUT2D eigenvalue weighted by atomic mass is 10.0. The molecule has 26 heavy (non-hydrogen) atoms. The molecular formula is C18H28ClN3O3S. The van der Waals surface area contributed by atoms with E-state index < -0.39 is 10.0 Å². The van der Waals surface area contributed by atoms with Crippen LogP contribution in [-0.2, 0) is 14.8 Å². The van der Waals surface area contributed by atoms with E-state index in [1.807, 2.05) is 26.0 Å². The third-order valence-electron chi connectivity index (χ3n) is 5.12. The van der Waals surface area contributed by atoms with Crippen LogP contribution in [0.15, 0.2) is 23.1 Å². The predicted molar refractivity (Wildman–Crippen MR) is 104 cm³/mol. The van der Waals surface area contributed by atoms with Crippen LogP contribution in [0.4, 0.5) is 0 Å². The van der Waals surface area contributed by atoms with Crippen molar-refractivity contribution in [1.82, 2.24) is 14.5 Å². The summed E-state index contributed by atoms with van der Waals surface area (Å²) in [5, 5.41) is 3.27. The SMILES string of the molecule is Cc1ccc(C)c(S(=O)(=O)N2CCN(C(=O)C3CCCCN3)CC2)c1.Cl. The summed E-state index contributed by atoms with van der Waals surface area (Å²) in [6, 6.07) is 5.39. The summed E-state index contributed by atoms with van der Waals surface area (Å²) in [5.41, 5.74) is 1.69. The molecule has 1 amide bonds. The standard InChI is InChI=1S/C18H27N3O3S.ClH/c1-14-6-7-15(2)17(13-14)25(23,24)21-11-9-20(10-12-21)18(22)16-5-3-4-8-19-16;/h6-7,13,16,19H,3-5,8-12H2,1-2H3;1H. The highest BCUT2D eigenvalue weighted by Crippen LogP contribution is 2.23. The van der Waals surface area contributed by atoms with Crippen LogP contribution in [0.2, 0.25) is 0 Å². The van der Waals surface area contributed by atoms with Crippen molar-refractivity contribution in [2.45, 2.75) is 44.0 Å². The van der Waals surface area contributed by atoms with Crippen LogP contribution in [0.5, 0.6) is 0 Å². The first-order chi connectivity index (χ1) is 11.9. The zero-order valence-electron chi connectivity index (χ0n) is 15.4. The number of hydrogen-bond acceptors (Lipinski definition) is 4. The zero-order valence-corrected chi connectivity index (χ0v) is 17.0. The molecule has 6 nitrogen and oxygen atoms in total. The average Bonchev–Trinajstić information content (AvgIpc) is 2.64. The minimum Gasteiger partial charge on any atom is -0.339 e. The normalized spacial score (nSPS) is 21.9. The van der Waals surface area contributed by atoms with Crippen molar-refractivity contribution in [2.75, 3.05) is 32.7 Å². The van der Waals surface area contributed by atoms with Crippen molar-refractivity contribution in [3.8, 4) is 0 Å². The largest absolute Gasteiger partial charge is 0.339 e. The van der Waals surface area contributed by atoms with Gasteiger partial charge in [-0.15, -0.1) is 12.4 Å². The second-order valence-electron chi connectivity index (χ2n) is 7.00. The van der Waals surface area contributed by atoms with Crippen LogP contribution in [0.3, 0.4) is 0 Å². The van der Waals surface area contributed by atoms with Crippen molar-refractivity contribution < 1.29 is 13.2 Å². The first-order valence-corrected chi connectivity index (χ1v) is 10.4. The van der Waals surface area contributed by atoms with Gasteiger partial charge in [-0.05, 0) is 50.4 Å². The van der Waals surface area contributed by atoms with E-state index in [0.29, 0.717) is 31.1 Å². The summed E-state index contributed by atoms with van der Waals surface area (Å²) < 4.78 is 27.4. The maximum Gasteiger partial charge on any atom is 0.243 e. The van der Waals surface area contributed by atoms with Crippen LogP contribution in [0, 0.1) is 13.8 Å². The molecule has 1 aromatic carbocycles. The van der Waals surface area contributed by atoms with Gasteiger partial charge in [-0.25, -0.2) is 8.42 Å². The third-order valence-corrected chi connectivity index (χ3v) is 7.16. The number of nitrogens with zero attached hydrogens (tertiary/aromatic N) is 2. The summed E-state index contributed by atoms with van der Waals surface area (Å²) >= 11 is 0. The molecule has 8 heteroatoms. The van der Waals surface area contributed by atoms with Gasteiger partial charge < -0.3 is 10.2 Å². The number of piperidine rings is 1. The number of carbonyl (C=O) groups excluding carboxylic acids is 1. The molecule has 2 aliphatic heterocycles. The second-order valence-corrected chi connectivity index (χ2v) is 8.91. The second kappa shape index (κ2) is 8.69. The van der Waals surface area contributed by atoms with Crippen molar-refractivity contribution in [1.29, 1.82) is 0 Å². The molecule has 2 saturated heterocycles. The van der Waals surface area contributed by atoms with Gasteiger partial charge in [0.15, 0.2) is 0 Å². The molecule has 3 rings (SSSR count). The van der Waals surface area contributed by atoms with Crippen molar-refractivity contribution in [3.63, 3.8) is 0 Å². The first-order valence-electron chi connectivity index (χ1n) is 8.99. The summed E-state index contributed by atoms with van der Waals surface area (Å²) in [7, 11) is -3.51. The number of halogens is 1. The van der Waals surface area contributed by atoms with E-state index in [1.165, 1.54) is 4.31 Å². The smallest absolute Gasteiger partial charge is 0.243 e. The van der Waals surface area contributed by atoms with E-state index in [-0.39, 0.29) is 24.4 Å². The summed E-state index contributed by atoms with van der Waals surface area (Å²) in [6.07, 6.45) is 3.07. The van der Waals surface area contributed by atoms with E-state index in [9.17, 15) is 13.2 Å². The summed E-state index contributed by atoms with van der Waals surface area (Å²) in [5.74, 6) is 0.114. The molecule has 0 spiro atoms. The fourth-order valence-corrected chi connectivity index (χ4v) is 5.29. The molecule has 2 fully saturated rings. The molecule has 2 aliphatic rings. The molecule has 1 atom stereocenters. The molecule has 0 bridgehead atoms. The van der Waals surface area contributed by atoms with E-state index in [4.69, 9.17) is 0 Å². The van der Waals surface area contributed by atoms with Crippen LogP contribution >= 0.6 is 12.4 Å². The van der Waals surface area contributed by atoms with Crippen LogP contribution in [-0.4, -0.2) is 62.3 Å². The van der Waals surface area contributed by atoms with Crippen LogP contribution < -0.4 is 5.32 Å². The van der Waals surface area contributed by atoms with Gasteiger partial charge in [0.2, 0.25) is 15.9 Å². The van der Waals surface area contributed by atoms with Gasteiger partial charge in [0.25, 0.3) is 0 Å². The van der Waals surface area contributed by atoms with Gasteiger partial charge >= 0.3 is 0 Å². The van der Waals surface area contributed by atoms with Crippen molar-refractivity contribution in [3.05, 3.63) is 29.3 Å².